The molecule has 0 aliphatic carbocycles. The monoisotopic (exact) mass is 379 g/mol. The van der Waals surface area contributed by atoms with Gasteiger partial charge in [0.1, 0.15) is 11.6 Å². The fraction of sp³-hybridized carbons (Fsp3) is 0.263. The summed E-state index contributed by atoms with van der Waals surface area (Å²) in [5.41, 5.74) is 0.511. The second-order valence-corrected chi connectivity index (χ2v) is 6.39. The first-order valence-electron chi connectivity index (χ1n) is 8.00. The highest BCUT2D eigenvalue weighted by Gasteiger charge is 2.13. The van der Waals surface area contributed by atoms with Crippen LogP contribution < -0.4 is 10.1 Å². The van der Waals surface area contributed by atoms with Crippen molar-refractivity contribution in [3.63, 3.8) is 0 Å². The number of carbonyl (C=O) groups excluding carboxylic acids is 2. The Morgan fingerprint density at radius 2 is 1.96 bits per heavy atom. The van der Waals surface area contributed by atoms with E-state index < -0.39 is 24.3 Å². The lowest BCUT2D eigenvalue weighted by Gasteiger charge is -2.10. The number of benzene rings is 2. The molecule has 0 saturated carbocycles. The van der Waals surface area contributed by atoms with E-state index in [9.17, 15) is 14.0 Å². The summed E-state index contributed by atoms with van der Waals surface area (Å²) in [4.78, 5) is 23.9. The van der Waals surface area contributed by atoms with Crippen molar-refractivity contribution in [2.75, 3.05) is 18.5 Å². The third kappa shape index (κ3) is 6.04. The Kier molecular flexibility index (Phi) is 6.97. The molecule has 0 aromatic heterocycles. The molecule has 2 aromatic carbocycles. The van der Waals surface area contributed by atoms with Crippen LogP contribution in [-0.2, 0) is 9.53 Å². The standard InChI is InChI=1S/C19H19ClFNO4/c1-12(2)10-25-15-5-3-4-13(8-15)19(24)26-11-18(23)22-17-7-6-14(21)9-16(17)20/h3-9,12H,10-11H2,1-2H3,(H,22,23). The smallest absolute Gasteiger partial charge is 0.338 e. The van der Waals surface area contributed by atoms with E-state index in [1.807, 2.05) is 13.8 Å². The van der Waals surface area contributed by atoms with Crippen LogP contribution in [-0.4, -0.2) is 25.1 Å². The molecule has 26 heavy (non-hydrogen) atoms. The first-order valence-corrected chi connectivity index (χ1v) is 8.38. The normalized spacial score (nSPS) is 10.5. The molecule has 0 spiro atoms. The maximum Gasteiger partial charge on any atom is 0.338 e. The van der Waals surface area contributed by atoms with Gasteiger partial charge >= 0.3 is 5.97 Å². The molecule has 138 valence electrons. The molecule has 2 rings (SSSR count). The van der Waals surface area contributed by atoms with E-state index in [1.165, 1.54) is 6.07 Å². The third-order valence-corrected chi connectivity index (χ3v) is 3.51. The summed E-state index contributed by atoms with van der Waals surface area (Å²) in [6.45, 7) is 4.07. The zero-order valence-electron chi connectivity index (χ0n) is 14.4. The van der Waals surface area contributed by atoms with E-state index in [0.717, 1.165) is 12.1 Å². The van der Waals surface area contributed by atoms with Crippen LogP contribution in [0.5, 0.6) is 5.75 Å². The Hall–Kier alpha value is -2.60. The fourth-order valence-corrected chi connectivity index (χ4v) is 2.18. The van der Waals surface area contributed by atoms with Crippen LogP contribution in [0.1, 0.15) is 24.2 Å². The Bertz CT molecular complexity index is 795. The number of rotatable bonds is 7. The molecule has 0 bridgehead atoms. The van der Waals surface area contributed by atoms with Crippen LogP contribution in [0.2, 0.25) is 5.02 Å². The van der Waals surface area contributed by atoms with Crippen molar-refractivity contribution in [2.45, 2.75) is 13.8 Å². The van der Waals surface area contributed by atoms with Gasteiger partial charge in [-0.15, -0.1) is 0 Å². The number of halogens is 2. The first kappa shape index (κ1) is 19.7. The van der Waals surface area contributed by atoms with Gasteiger partial charge in [-0.2, -0.15) is 0 Å². The van der Waals surface area contributed by atoms with Gasteiger partial charge in [0.15, 0.2) is 6.61 Å². The van der Waals surface area contributed by atoms with Crippen molar-refractivity contribution in [1.82, 2.24) is 0 Å². The molecule has 0 saturated heterocycles. The number of nitrogens with one attached hydrogen (secondary N) is 1. The predicted molar refractivity (Wildman–Crippen MR) is 97.1 cm³/mol. The average Bonchev–Trinajstić information content (AvgIpc) is 2.60. The molecule has 1 N–H and O–H groups in total. The summed E-state index contributed by atoms with van der Waals surface area (Å²) < 4.78 is 23.5. The number of anilines is 1. The van der Waals surface area contributed by atoms with Crippen molar-refractivity contribution < 1.29 is 23.5 Å². The molecular weight excluding hydrogens is 361 g/mol. The molecule has 1 amide bonds. The van der Waals surface area contributed by atoms with E-state index in [0.29, 0.717) is 18.3 Å². The number of hydrogen-bond donors (Lipinski definition) is 1. The summed E-state index contributed by atoms with van der Waals surface area (Å²) in [7, 11) is 0. The predicted octanol–water partition coefficient (Wildman–Crippen LogP) is 4.31. The summed E-state index contributed by atoms with van der Waals surface area (Å²) in [6, 6.07) is 10.1. The van der Waals surface area contributed by atoms with Gasteiger partial charge in [-0.05, 0) is 42.3 Å². The van der Waals surface area contributed by atoms with Gasteiger partial charge in [0.2, 0.25) is 0 Å². The van der Waals surface area contributed by atoms with Crippen LogP contribution in [0.25, 0.3) is 0 Å². The molecule has 0 fully saturated rings. The molecule has 0 heterocycles. The molecule has 0 radical (unpaired) electrons. The average molecular weight is 380 g/mol. The number of carbonyl (C=O) groups is 2. The Labute approximate surface area is 156 Å². The largest absolute Gasteiger partial charge is 0.493 e. The minimum atomic E-state index is -0.652. The maximum atomic E-state index is 13.0. The van der Waals surface area contributed by atoms with Gasteiger partial charge < -0.3 is 14.8 Å². The van der Waals surface area contributed by atoms with E-state index in [2.05, 4.69) is 5.32 Å². The minimum Gasteiger partial charge on any atom is -0.493 e. The van der Waals surface area contributed by atoms with Crippen molar-refractivity contribution in [3.05, 3.63) is 58.9 Å². The highest BCUT2D eigenvalue weighted by molar-refractivity contribution is 6.33. The van der Waals surface area contributed by atoms with Crippen molar-refractivity contribution in [3.8, 4) is 5.75 Å². The quantitative estimate of drug-likeness (QED) is 0.728. The van der Waals surface area contributed by atoms with E-state index in [-0.39, 0.29) is 16.3 Å². The number of hydrogen-bond acceptors (Lipinski definition) is 4. The van der Waals surface area contributed by atoms with Crippen molar-refractivity contribution in [2.24, 2.45) is 5.92 Å². The zero-order valence-corrected chi connectivity index (χ0v) is 15.2. The van der Waals surface area contributed by atoms with Crippen LogP contribution >= 0.6 is 11.6 Å². The summed E-state index contributed by atoms with van der Waals surface area (Å²) in [5.74, 6) is -0.846. The third-order valence-electron chi connectivity index (χ3n) is 3.19. The Morgan fingerprint density at radius 3 is 2.65 bits per heavy atom. The Morgan fingerprint density at radius 1 is 1.19 bits per heavy atom. The second kappa shape index (κ2) is 9.20. The maximum absolute atomic E-state index is 13.0. The molecular formula is C19H19ClFNO4. The van der Waals surface area contributed by atoms with Gasteiger partial charge in [0.05, 0.1) is 22.9 Å². The summed E-state index contributed by atoms with van der Waals surface area (Å²) in [6.07, 6.45) is 0. The molecule has 0 aliphatic rings. The highest BCUT2D eigenvalue weighted by Crippen LogP contribution is 2.22. The van der Waals surface area contributed by atoms with Crippen LogP contribution in [0.15, 0.2) is 42.5 Å². The lowest BCUT2D eigenvalue weighted by Crippen LogP contribution is -2.21. The fourth-order valence-electron chi connectivity index (χ4n) is 1.97. The Balaban J connectivity index is 1.89. The summed E-state index contributed by atoms with van der Waals surface area (Å²) in [5, 5.41) is 2.50. The topological polar surface area (TPSA) is 64.6 Å². The van der Waals surface area contributed by atoms with Crippen molar-refractivity contribution in [1.29, 1.82) is 0 Å². The lowest BCUT2D eigenvalue weighted by atomic mass is 10.2. The molecule has 0 unspecified atom stereocenters. The summed E-state index contributed by atoms with van der Waals surface area (Å²) >= 11 is 5.83. The van der Waals surface area contributed by atoms with Gasteiger partial charge in [-0.1, -0.05) is 31.5 Å². The second-order valence-electron chi connectivity index (χ2n) is 5.98. The van der Waals surface area contributed by atoms with E-state index in [4.69, 9.17) is 21.1 Å². The van der Waals surface area contributed by atoms with Crippen molar-refractivity contribution >= 4 is 29.2 Å². The van der Waals surface area contributed by atoms with Crippen LogP contribution in [0.3, 0.4) is 0 Å². The number of esters is 1. The molecule has 5 nitrogen and oxygen atoms in total. The van der Waals surface area contributed by atoms with Gasteiger partial charge in [-0.3, -0.25) is 4.79 Å². The van der Waals surface area contributed by atoms with Gasteiger partial charge in [-0.25, -0.2) is 9.18 Å². The SMILES string of the molecule is CC(C)COc1cccc(C(=O)OCC(=O)Nc2ccc(F)cc2Cl)c1. The zero-order chi connectivity index (χ0) is 19.1. The molecule has 0 aliphatic heterocycles. The number of amides is 1. The lowest BCUT2D eigenvalue weighted by molar-refractivity contribution is -0.119. The van der Waals surface area contributed by atoms with E-state index in [1.54, 1.807) is 24.3 Å². The van der Waals surface area contributed by atoms with Crippen LogP contribution in [0, 0.1) is 11.7 Å². The van der Waals surface area contributed by atoms with Crippen LogP contribution in [0.4, 0.5) is 10.1 Å². The highest BCUT2D eigenvalue weighted by atomic mass is 35.5. The molecule has 2 aromatic rings. The molecule has 0 atom stereocenters. The first-order chi connectivity index (χ1) is 12.3. The van der Waals surface area contributed by atoms with Gasteiger partial charge in [0, 0.05) is 0 Å². The van der Waals surface area contributed by atoms with E-state index >= 15 is 0 Å². The van der Waals surface area contributed by atoms with Gasteiger partial charge in [0.25, 0.3) is 5.91 Å². The number of ether oxygens (including phenoxy) is 2. The minimum absolute atomic E-state index is 0.0553. The molecule has 7 heteroatoms.